The highest BCUT2D eigenvalue weighted by Gasteiger charge is 2.71. The van der Waals surface area contributed by atoms with Crippen LogP contribution in [0.2, 0.25) is 0 Å². The van der Waals surface area contributed by atoms with E-state index in [1.807, 2.05) is 26.8 Å². The fraction of sp³-hybridized carbons (Fsp3) is 0.875. The number of esters is 1. The number of rotatable bonds is 2. The first-order chi connectivity index (χ1) is 17.0. The van der Waals surface area contributed by atoms with E-state index < -0.39 is 28.5 Å². The highest BCUT2D eigenvalue weighted by Crippen LogP contribution is 2.75. The van der Waals surface area contributed by atoms with Crippen LogP contribution in [0, 0.1) is 50.2 Å². The molecule has 0 radical (unpaired) electrons. The molecule has 37 heavy (non-hydrogen) atoms. The van der Waals surface area contributed by atoms with Crippen molar-refractivity contribution in [1.82, 2.24) is 0 Å². The van der Waals surface area contributed by atoms with Crippen molar-refractivity contribution >= 4 is 11.8 Å². The summed E-state index contributed by atoms with van der Waals surface area (Å²) in [5.41, 5.74) is -0.746. The van der Waals surface area contributed by atoms with Gasteiger partial charge in [-0.1, -0.05) is 47.1 Å². The fourth-order valence-corrected chi connectivity index (χ4v) is 10.8. The second-order valence-electron chi connectivity index (χ2n) is 15.5. The number of fused-ring (bicyclic) bond motifs is 7. The molecule has 4 nitrogen and oxygen atoms in total. The van der Waals surface area contributed by atoms with E-state index >= 15 is 4.39 Å². The Kier molecular flexibility index (Phi) is 6.02. The Labute approximate surface area is 223 Å². The number of carbonyl (C=O) groups is 2. The van der Waals surface area contributed by atoms with Crippen LogP contribution in [0.4, 0.5) is 4.39 Å². The van der Waals surface area contributed by atoms with Gasteiger partial charge in [0.1, 0.15) is 6.17 Å². The molecule has 0 heterocycles. The summed E-state index contributed by atoms with van der Waals surface area (Å²) in [5, 5.41) is 10.8. The van der Waals surface area contributed by atoms with Crippen molar-refractivity contribution in [3.63, 3.8) is 0 Å². The number of hydrogen-bond acceptors (Lipinski definition) is 4. The number of ketones is 1. The molecule has 0 aliphatic heterocycles. The zero-order chi connectivity index (χ0) is 27.4. The molecule has 208 valence electrons. The summed E-state index contributed by atoms with van der Waals surface area (Å²) < 4.78 is 20.9. The Morgan fingerprint density at radius 2 is 1.68 bits per heavy atom. The van der Waals surface area contributed by atoms with E-state index in [1.165, 1.54) is 5.57 Å². The van der Waals surface area contributed by atoms with Gasteiger partial charge in [-0.2, -0.15) is 0 Å². The maximum absolute atomic E-state index is 15.4. The van der Waals surface area contributed by atoms with Crippen LogP contribution in [0.3, 0.4) is 0 Å². The molecule has 10 atom stereocenters. The van der Waals surface area contributed by atoms with Gasteiger partial charge < -0.3 is 9.84 Å². The third-order valence-corrected chi connectivity index (χ3v) is 13.2. The largest absolute Gasteiger partial charge is 0.466 e. The molecule has 5 rings (SSSR count). The van der Waals surface area contributed by atoms with Gasteiger partial charge in [0.2, 0.25) is 0 Å². The van der Waals surface area contributed by atoms with Crippen molar-refractivity contribution in [3.8, 4) is 0 Å². The Bertz CT molecular complexity index is 1030. The zero-order valence-corrected chi connectivity index (χ0v) is 24.4. The number of aliphatic hydroxyl groups is 1. The first kappa shape index (κ1) is 27.3. The van der Waals surface area contributed by atoms with Crippen molar-refractivity contribution in [3.05, 3.63) is 11.6 Å². The number of aliphatic hydroxyl groups excluding tert-OH is 1. The molecule has 0 aromatic carbocycles. The molecule has 5 aliphatic rings. The molecule has 5 heteroatoms. The summed E-state index contributed by atoms with van der Waals surface area (Å²) in [6, 6.07) is 0. The minimum Gasteiger partial charge on any atom is -0.466 e. The van der Waals surface area contributed by atoms with Crippen molar-refractivity contribution in [2.75, 3.05) is 6.61 Å². The Balaban J connectivity index is 1.60. The van der Waals surface area contributed by atoms with Gasteiger partial charge in [-0.15, -0.1) is 0 Å². The monoisotopic (exact) mass is 516 g/mol. The van der Waals surface area contributed by atoms with Crippen LogP contribution < -0.4 is 0 Å². The van der Waals surface area contributed by atoms with Crippen molar-refractivity contribution in [2.24, 2.45) is 50.2 Å². The summed E-state index contributed by atoms with van der Waals surface area (Å²) in [6.45, 7) is 17.5. The van der Waals surface area contributed by atoms with Gasteiger partial charge in [-0.05, 0) is 110 Å². The molecule has 0 spiro atoms. The Morgan fingerprint density at radius 3 is 2.32 bits per heavy atom. The van der Waals surface area contributed by atoms with Crippen LogP contribution in [-0.4, -0.2) is 35.7 Å². The van der Waals surface area contributed by atoms with Gasteiger partial charge in [-0.3, -0.25) is 9.59 Å². The summed E-state index contributed by atoms with van der Waals surface area (Å²) in [5.74, 6) is 0.0377. The summed E-state index contributed by atoms with van der Waals surface area (Å²) >= 11 is 0. The van der Waals surface area contributed by atoms with Crippen molar-refractivity contribution in [1.29, 1.82) is 0 Å². The lowest BCUT2D eigenvalue weighted by molar-refractivity contribution is -0.217. The van der Waals surface area contributed by atoms with Gasteiger partial charge in [-0.25, -0.2) is 4.39 Å². The fourth-order valence-electron chi connectivity index (χ4n) is 10.8. The number of allylic oxidation sites excluding steroid dienone is 2. The minimum absolute atomic E-state index is 0.0723. The highest BCUT2D eigenvalue weighted by molar-refractivity contribution is 5.95. The average Bonchev–Trinajstić information content (AvgIpc) is 2.80. The molecule has 0 amide bonds. The molecule has 4 saturated carbocycles. The Hall–Kier alpha value is -1.23. The second kappa shape index (κ2) is 8.15. The molecular formula is C32H49FO4. The molecule has 5 aliphatic carbocycles. The van der Waals surface area contributed by atoms with E-state index in [0.717, 1.165) is 44.9 Å². The molecular weight excluding hydrogens is 467 g/mol. The minimum atomic E-state index is -1.32. The van der Waals surface area contributed by atoms with Crippen LogP contribution in [0.1, 0.15) is 107 Å². The van der Waals surface area contributed by atoms with Crippen LogP contribution in [0.5, 0.6) is 0 Å². The predicted molar refractivity (Wildman–Crippen MR) is 142 cm³/mol. The van der Waals surface area contributed by atoms with Gasteiger partial charge >= 0.3 is 5.97 Å². The van der Waals surface area contributed by atoms with Gasteiger partial charge in [0.25, 0.3) is 0 Å². The number of carbonyl (C=O) groups excluding carboxylic acids is 2. The van der Waals surface area contributed by atoms with Gasteiger partial charge in [0.15, 0.2) is 5.78 Å². The molecule has 0 saturated heterocycles. The lowest BCUT2D eigenvalue weighted by Gasteiger charge is -2.70. The third kappa shape index (κ3) is 3.40. The maximum atomic E-state index is 15.4. The molecule has 0 aromatic heterocycles. The summed E-state index contributed by atoms with van der Waals surface area (Å²) in [6.07, 6.45) is 6.32. The molecule has 0 bridgehead atoms. The number of ether oxygens (including phenoxy) is 1. The van der Waals surface area contributed by atoms with Crippen molar-refractivity contribution < 1.29 is 23.8 Å². The summed E-state index contributed by atoms with van der Waals surface area (Å²) in [7, 11) is 0. The van der Waals surface area contributed by atoms with E-state index in [4.69, 9.17) is 4.74 Å². The molecule has 1 N–H and O–H groups in total. The average molecular weight is 517 g/mol. The lowest BCUT2D eigenvalue weighted by atomic mass is 9.33. The normalized spacial score (nSPS) is 52.6. The predicted octanol–water partition coefficient (Wildman–Crippen LogP) is 6.84. The Morgan fingerprint density at radius 1 is 1.03 bits per heavy atom. The quantitative estimate of drug-likeness (QED) is 0.408. The van der Waals surface area contributed by atoms with E-state index in [9.17, 15) is 14.7 Å². The molecule has 0 aromatic rings. The standard InChI is InChI=1S/C32H49FO4/c1-9-37-26(36)29(5)13-12-28(4)14-15-31(7)19(20(28)17-29)16-22(34)24-30(6)18-21(33)25(35)27(2,3)23(30)10-11-32(24,31)8/h16,20-21,23-25,35H,9-15,17-18H2,1-8H3/t20-,21-,23-,24+,25+,28+,29-,30-,31+,32+/m0/s1. The summed E-state index contributed by atoms with van der Waals surface area (Å²) in [4.78, 5) is 27.4. The van der Waals surface area contributed by atoms with E-state index in [-0.39, 0.29) is 52.2 Å². The number of hydrogen-bond donors (Lipinski definition) is 1. The lowest BCUT2D eigenvalue weighted by Crippen LogP contribution is -2.68. The van der Waals surface area contributed by atoms with E-state index in [2.05, 4.69) is 34.6 Å². The van der Waals surface area contributed by atoms with Gasteiger partial charge in [0, 0.05) is 5.92 Å². The first-order valence-electron chi connectivity index (χ1n) is 14.8. The zero-order valence-electron chi connectivity index (χ0n) is 24.4. The van der Waals surface area contributed by atoms with Crippen molar-refractivity contribution in [2.45, 2.75) is 119 Å². The SMILES string of the molecule is CCOC(=O)[C@@]1(C)CC[C@]2(C)CC[C@]3(C)C(=CC(=O)[C@@H]4[C@@]5(C)C[C@H](F)[C@@H](O)C(C)(C)[C@@H]5CC[C@]43C)[C@@H]2C1. The second-order valence-corrected chi connectivity index (χ2v) is 15.5. The smallest absolute Gasteiger partial charge is 0.311 e. The number of halogens is 1. The van der Waals surface area contributed by atoms with Crippen LogP contribution in [-0.2, 0) is 14.3 Å². The van der Waals surface area contributed by atoms with Gasteiger partial charge in [0.05, 0.1) is 18.1 Å². The molecule has 4 fully saturated rings. The maximum Gasteiger partial charge on any atom is 0.311 e. The van der Waals surface area contributed by atoms with E-state index in [1.54, 1.807) is 0 Å². The number of alkyl halides is 1. The van der Waals surface area contributed by atoms with E-state index in [0.29, 0.717) is 6.61 Å². The third-order valence-electron chi connectivity index (χ3n) is 13.2. The topological polar surface area (TPSA) is 63.6 Å². The van der Waals surface area contributed by atoms with Crippen LogP contribution >= 0.6 is 0 Å². The van der Waals surface area contributed by atoms with Crippen LogP contribution in [0.15, 0.2) is 11.6 Å². The first-order valence-corrected chi connectivity index (χ1v) is 14.8. The molecule has 0 unspecified atom stereocenters. The highest BCUT2D eigenvalue weighted by atomic mass is 19.1. The van der Waals surface area contributed by atoms with Crippen LogP contribution in [0.25, 0.3) is 0 Å².